The molecule has 0 radical (unpaired) electrons. The number of benzene rings is 1. The molecule has 1 N–H and O–H groups in total. The lowest BCUT2D eigenvalue weighted by Crippen LogP contribution is -2.22. The summed E-state index contributed by atoms with van der Waals surface area (Å²) in [5.41, 5.74) is 2.15. The number of carboxylic acids is 1. The molecule has 2 aromatic rings. The highest BCUT2D eigenvalue weighted by Crippen LogP contribution is 2.28. The van der Waals surface area contributed by atoms with E-state index >= 15 is 0 Å². The monoisotopic (exact) mass is 270 g/mol. The van der Waals surface area contributed by atoms with Gasteiger partial charge in [0, 0.05) is 24.9 Å². The summed E-state index contributed by atoms with van der Waals surface area (Å²) in [7, 11) is 0. The van der Waals surface area contributed by atoms with Gasteiger partial charge in [0.1, 0.15) is 5.82 Å². The van der Waals surface area contributed by atoms with Gasteiger partial charge < -0.3 is 10.0 Å². The molecular weight excluding hydrogens is 252 g/mol. The highest BCUT2D eigenvalue weighted by Gasteiger charge is 2.26. The van der Waals surface area contributed by atoms with E-state index in [-0.39, 0.29) is 12.3 Å². The first kappa shape index (κ1) is 12.9. The summed E-state index contributed by atoms with van der Waals surface area (Å²) >= 11 is 0. The van der Waals surface area contributed by atoms with Crippen LogP contribution in [0.4, 0.5) is 5.82 Å². The van der Waals surface area contributed by atoms with Gasteiger partial charge in [0.2, 0.25) is 0 Å². The second kappa shape index (κ2) is 5.12. The van der Waals surface area contributed by atoms with Crippen molar-refractivity contribution in [2.45, 2.75) is 19.8 Å². The third-order valence-corrected chi connectivity index (χ3v) is 3.94. The van der Waals surface area contributed by atoms with Crippen molar-refractivity contribution < 1.29 is 9.90 Å². The van der Waals surface area contributed by atoms with Crippen LogP contribution in [0.2, 0.25) is 0 Å². The number of hydrogen-bond donors (Lipinski definition) is 1. The van der Waals surface area contributed by atoms with Crippen LogP contribution in [0.25, 0.3) is 10.9 Å². The van der Waals surface area contributed by atoms with Crippen molar-refractivity contribution in [3.05, 3.63) is 35.9 Å². The van der Waals surface area contributed by atoms with Crippen molar-refractivity contribution in [1.82, 2.24) is 4.98 Å². The molecule has 1 fully saturated rings. The predicted octanol–water partition coefficient (Wildman–Crippen LogP) is 2.84. The minimum Gasteiger partial charge on any atom is -0.481 e. The third kappa shape index (κ3) is 2.46. The maximum atomic E-state index is 10.8. The molecule has 0 amide bonds. The Bertz CT molecular complexity index is 654. The molecule has 4 heteroatoms. The van der Waals surface area contributed by atoms with Gasteiger partial charge in [0.05, 0.1) is 5.52 Å². The zero-order valence-electron chi connectivity index (χ0n) is 11.5. The van der Waals surface area contributed by atoms with Gasteiger partial charge in [0.15, 0.2) is 0 Å². The molecule has 20 heavy (non-hydrogen) atoms. The average Bonchev–Trinajstić information content (AvgIpc) is 2.85. The topological polar surface area (TPSA) is 53.4 Å². The SMILES string of the molecule is Cc1cc2ccccc2nc1N1CCC(CC(=O)O)C1. The van der Waals surface area contributed by atoms with Crippen LogP contribution in [-0.4, -0.2) is 29.1 Å². The number of carboxylic acid groups (broad SMARTS) is 1. The second-order valence-corrected chi connectivity index (χ2v) is 5.52. The molecule has 1 saturated heterocycles. The Hall–Kier alpha value is -2.10. The van der Waals surface area contributed by atoms with Crippen LogP contribution >= 0.6 is 0 Å². The van der Waals surface area contributed by atoms with Crippen LogP contribution in [-0.2, 0) is 4.79 Å². The average molecular weight is 270 g/mol. The number of para-hydroxylation sites is 1. The first-order valence-electron chi connectivity index (χ1n) is 6.96. The number of rotatable bonds is 3. The van der Waals surface area contributed by atoms with Gasteiger partial charge in [-0.1, -0.05) is 18.2 Å². The predicted molar refractivity (Wildman–Crippen MR) is 79.1 cm³/mol. The van der Waals surface area contributed by atoms with E-state index < -0.39 is 5.97 Å². The van der Waals surface area contributed by atoms with Crippen LogP contribution in [0.3, 0.4) is 0 Å². The lowest BCUT2D eigenvalue weighted by atomic mass is 10.1. The van der Waals surface area contributed by atoms with Crippen molar-refractivity contribution in [2.24, 2.45) is 5.92 Å². The summed E-state index contributed by atoms with van der Waals surface area (Å²) < 4.78 is 0. The molecule has 1 aliphatic heterocycles. The molecule has 0 saturated carbocycles. The Morgan fingerprint density at radius 1 is 1.45 bits per heavy atom. The fourth-order valence-corrected chi connectivity index (χ4v) is 2.97. The smallest absolute Gasteiger partial charge is 0.303 e. The molecule has 0 aliphatic carbocycles. The molecule has 1 atom stereocenters. The lowest BCUT2D eigenvalue weighted by Gasteiger charge is -2.20. The number of aliphatic carboxylic acids is 1. The van der Waals surface area contributed by atoms with E-state index in [0.717, 1.165) is 41.8 Å². The molecule has 1 unspecified atom stereocenters. The summed E-state index contributed by atoms with van der Waals surface area (Å²) in [6.07, 6.45) is 1.18. The number of nitrogens with zero attached hydrogens (tertiary/aromatic N) is 2. The van der Waals surface area contributed by atoms with E-state index in [1.165, 1.54) is 0 Å². The number of hydrogen-bond acceptors (Lipinski definition) is 3. The van der Waals surface area contributed by atoms with Crippen LogP contribution < -0.4 is 4.90 Å². The van der Waals surface area contributed by atoms with Gasteiger partial charge in [-0.25, -0.2) is 4.98 Å². The summed E-state index contributed by atoms with van der Waals surface area (Å²) in [5.74, 6) is 0.525. The van der Waals surface area contributed by atoms with Gasteiger partial charge in [0.25, 0.3) is 0 Å². The number of pyridine rings is 1. The maximum absolute atomic E-state index is 10.8. The fourth-order valence-electron chi connectivity index (χ4n) is 2.97. The Balaban J connectivity index is 1.87. The van der Waals surface area contributed by atoms with Crippen molar-refractivity contribution in [2.75, 3.05) is 18.0 Å². The zero-order valence-corrected chi connectivity index (χ0v) is 11.5. The molecule has 104 valence electrons. The standard InChI is InChI=1S/C16H18N2O2/c1-11-8-13-4-2-3-5-14(13)17-16(11)18-7-6-12(10-18)9-15(19)20/h2-5,8,12H,6-7,9-10H2,1H3,(H,19,20). The molecule has 4 nitrogen and oxygen atoms in total. The number of fused-ring (bicyclic) bond motifs is 1. The third-order valence-electron chi connectivity index (χ3n) is 3.94. The normalized spacial score (nSPS) is 18.6. The Kier molecular flexibility index (Phi) is 3.30. The van der Waals surface area contributed by atoms with Crippen molar-refractivity contribution in [1.29, 1.82) is 0 Å². The molecule has 0 bridgehead atoms. The zero-order chi connectivity index (χ0) is 14.1. The van der Waals surface area contributed by atoms with Crippen molar-refractivity contribution in [3.8, 4) is 0 Å². The molecule has 1 aromatic carbocycles. The Morgan fingerprint density at radius 2 is 2.25 bits per heavy atom. The Morgan fingerprint density at radius 3 is 3.05 bits per heavy atom. The van der Waals surface area contributed by atoms with Gasteiger partial charge in [-0.05, 0) is 37.0 Å². The number of aromatic nitrogens is 1. The van der Waals surface area contributed by atoms with Crippen LogP contribution in [0.5, 0.6) is 0 Å². The number of anilines is 1. The largest absolute Gasteiger partial charge is 0.481 e. The van der Waals surface area contributed by atoms with Gasteiger partial charge in [-0.15, -0.1) is 0 Å². The highest BCUT2D eigenvalue weighted by atomic mass is 16.4. The molecular formula is C16H18N2O2. The summed E-state index contributed by atoms with van der Waals surface area (Å²) in [5, 5.41) is 10.0. The summed E-state index contributed by atoms with van der Waals surface area (Å²) in [6.45, 7) is 3.75. The summed E-state index contributed by atoms with van der Waals surface area (Å²) in [4.78, 5) is 17.8. The Labute approximate surface area is 118 Å². The van der Waals surface area contributed by atoms with E-state index in [4.69, 9.17) is 10.1 Å². The minimum atomic E-state index is -0.708. The first-order valence-corrected chi connectivity index (χ1v) is 6.96. The van der Waals surface area contributed by atoms with Crippen LogP contribution in [0.15, 0.2) is 30.3 Å². The van der Waals surface area contributed by atoms with Gasteiger partial charge >= 0.3 is 5.97 Å². The van der Waals surface area contributed by atoms with E-state index in [1.807, 2.05) is 18.2 Å². The van der Waals surface area contributed by atoms with Gasteiger partial charge in [-0.2, -0.15) is 0 Å². The quantitative estimate of drug-likeness (QED) is 0.931. The van der Waals surface area contributed by atoms with Crippen LogP contribution in [0.1, 0.15) is 18.4 Å². The van der Waals surface area contributed by atoms with E-state index in [2.05, 4.69) is 24.0 Å². The molecule has 2 heterocycles. The highest BCUT2D eigenvalue weighted by molar-refractivity contribution is 5.81. The van der Waals surface area contributed by atoms with E-state index in [9.17, 15) is 4.79 Å². The maximum Gasteiger partial charge on any atom is 0.303 e. The second-order valence-electron chi connectivity index (χ2n) is 5.52. The van der Waals surface area contributed by atoms with Crippen molar-refractivity contribution >= 4 is 22.7 Å². The molecule has 1 aliphatic rings. The first-order chi connectivity index (χ1) is 9.63. The van der Waals surface area contributed by atoms with E-state index in [1.54, 1.807) is 0 Å². The molecule has 3 rings (SSSR count). The summed E-state index contributed by atoms with van der Waals surface area (Å²) in [6, 6.07) is 10.2. The van der Waals surface area contributed by atoms with Crippen molar-refractivity contribution in [3.63, 3.8) is 0 Å². The minimum absolute atomic E-state index is 0.236. The number of aryl methyl sites for hydroxylation is 1. The van der Waals surface area contributed by atoms with Gasteiger partial charge in [-0.3, -0.25) is 4.79 Å². The number of carbonyl (C=O) groups is 1. The van der Waals surface area contributed by atoms with E-state index in [0.29, 0.717) is 0 Å². The lowest BCUT2D eigenvalue weighted by molar-refractivity contribution is -0.137. The van der Waals surface area contributed by atoms with Crippen LogP contribution in [0, 0.1) is 12.8 Å². The molecule has 0 spiro atoms. The molecule has 1 aromatic heterocycles. The fraction of sp³-hybridized carbons (Fsp3) is 0.375.